The number of anilines is 1. The molecule has 0 saturated carbocycles. The molecule has 1 amide bonds. The van der Waals surface area contributed by atoms with Crippen molar-refractivity contribution in [2.24, 2.45) is 7.05 Å². The van der Waals surface area contributed by atoms with Gasteiger partial charge in [-0.1, -0.05) is 0 Å². The van der Waals surface area contributed by atoms with Gasteiger partial charge in [0.25, 0.3) is 11.8 Å². The molecule has 1 aliphatic heterocycles. The van der Waals surface area contributed by atoms with Crippen molar-refractivity contribution in [1.29, 1.82) is 0 Å². The first-order valence-electron chi connectivity index (χ1n) is 8.83. The normalized spacial score (nSPS) is 17.3. The fourth-order valence-electron chi connectivity index (χ4n) is 3.33. The van der Waals surface area contributed by atoms with E-state index in [1.807, 2.05) is 44.8 Å². The van der Waals surface area contributed by atoms with Crippen LogP contribution in [0.5, 0.6) is 5.88 Å². The second-order valence-corrected chi connectivity index (χ2v) is 6.88. The number of piperidine rings is 1. The monoisotopic (exact) mass is 358 g/mol. The van der Waals surface area contributed by atoms with Crippen molar-refractivity contribution in [1.82, 2.24) is 24.6 Å². The van der Waals surface area contributed by atoms with Crippen LogP contribution in [0.25, 0.3) is 0 Å². The largest absolute Gasteiger partial charge is 0.470 e. The van der Waals surface area contributed by atoms with E-state index in [0.29, 0.717) is 23.8 Å². The van der Waals surface area contributed by atoms with Gasteiger partial charge in [0.1, 0.15) is 6.10 Å². The zero-order valence-corrected chi connectivity index (χ0v) is 16.1. The minimum absolute atomic E-state index is 0.0216. The van der Waals surface area contributed by atoms with Gasteiger partial charge in [0.05, 0.1) is 17.8 Å². The van der Waals surface area contributed by atoms with Crippen LogP contribution in [0.2, 0.25) is 0 Å². The molecule has 8 nitrogen and oxygen atoms in total. The fourth-order valence-corrected chi connectivity index (χ4v) is 3.33. The van der Waals surface area contributed by atoms with Crippen LogP contribution in [0.4, 0.5) is 5.82 Å². The first-order valence-corrected chi connectivity index (χ1v) is 8.83. The standard InChI is InChI=1S/C18H26N6O2/c1-12-15(13(2)23(5)21-12)18(25)24-10-6-7-14(11-24)26-17-16(22(3)4)19-8-9-20-17/h8-9,14H,6-7,10-11H2,1-5H3/t14-/m1/s1. The Balaban J connectivity index is 1.75. The number of hydrogen-bond donors (Lipinski definition) is 0. The second-order valence-electron chi connectivity index (χ2n) is 6.88. The second kappa shape index (κ2) is 7.31. The summed E-state index contributed by atoms with van der Waals surface area (Å²) in [5.41, 5.74) is 2.35. The summed E-state index contributed by atoms with van der Waals surface area (Å²) in [5, 5.41) is 4.36. The predicted octanol–water partition coefficient (Wildman–Crippen LogP) is 1.58. The van der Waals surface area contributed by atoms with E-state index in [0.717, 1.165) is 30.8 Å². The highest BCUT2D eigenvalue weighted by Crippen LogP contribution is 2.25. The zero-order valence-electron chi connectivity index (χ0n) is 16.1. The highest BCUT2D eigenvalue weighted by atomic mass is 16.5. The average Bonchev–Trinajstić information content (AvgIpc) is 2.87. The predicted molar refractivity (Wildman–Crippen MR) is 98.6 cm³/mol. The Kier molecular flexibility index (Phi) is 5.11. The summed E-state index contributed by atoms with van der Waals surface area (Å²) in [7, 11) is 5.67. The molecule has 2 aromatic heterocycles. The number of aryl methyl sites for hydroxylation is 2. The maximum absolute atomic E-state index is 13.0. The van der Waals surface area contributed by atoms with Gasteiger partial charge in [-0.2, -0.15) is 5.10 Å². The van der Waals surface area contributed by atoms with Crippen LogP contribution < -0.4 is 9.64 Å². The van der Waals surface area contributed by atoms with Crippen molar-refractivity contribution in [3.05, 3.63) is 29.3 Å². The Bertz CT molecular complexity index is 801. The number of ether oxygens (including phenoxy) is 1. The Morgan fingerprint density at radius 2 is 2.00 bits per heavy atom. The van der Waals surface area contributed by atoms with E-state index in [1.165, 1.54) is 0 Å². The van der Waals surface area contributed by atoms with Crippen LogP contribution in [0.1, 0.15) is 34.6 Å². The van der Waals surface area contributed by atoms with Crippen molar-refractivity contribution in [2.75, 3.05) is 32.1 Å². The Morgan fingerprint density at radius 1 is 1.27 bits per heavy atom. The SMILES string of the molecule is Cc1nn(C)c(C)c1C(=O)N1CCC[C@@H](Oc2nccnc2N(C)C)C1. The molecule has 0 radical (unpaired) electrons. The van der Waals surface area contributed by atoms with Gasteiger partial charge in [-0.25, -0.2) is 9.97 Å². The van der Waals surface area contributed by atoms with Crippen LogP contribution in [-0.2, 0) is 7.05 Å². The summed E-state index contributed by atoms with van der Waals surface area (Å²) in [6, 6.07) is 0. The number of likely N-dealkylation sites (tertiary alicyclic amines) is 1. The maximum Gasteiger partial charge on any atom is 0.257 e. The lowest BCUT2D eigenvalue weighted by molar-refractivity contribution is 0.0527. The van der Waals surface area contributed by atoms with Gasteiger partial charge in [-0.15, -0.1) is 0 Å². The number of carbonyl (C=O) groups is 1. The molecule has 2 aromatic rings. The molecule has 0 spiro atoms. The molecule has 0 aliphatic carbocycles. The molecular weight excluding hydrogens is 332 g/mol. The van der Waals surface area contributed by atoms with E-state index in [-0.39, 0.29) is 12.0 Å². The Hall–Kier alpha value is -2.64. The third-order valence-electron chi connectivity index (χ3n) is 4.74. The van der Waals surface area contributed by atoms with Gasteiger partial charge in [0.15, 0.2) is 5.82 Å². The lowest BCUT2D eigenvalue weighted by Gasteiger charge is -2.33. The third kappa shape index (κ3) is 3.49. The lowest BCUT2D eigenvalue weighted by Crippen LogP contribution is -2.44. The van der Waals surface area contributed by atoms with Crippen molar-refractivity contribution >= 4 is 11.7 Å². The molecule has 1 fully saturated rings. The van der Waals surface area contributed by atoms with Gasteiger partial charge in [-0.05, 0) is 26.7 Å². The molecule has 0 N–H and O–H groups in total. The van der Waals surface area contributed by atoms with E-state index in [9.17, 15) is 4.79 Å². The highest BCUT2D eigenvalue weighted by Gasteiger charge is 2.29. The molecule has 1 aliphatic rings. The lowest BCUT2D eigenvalue weighted by atomic mass is 10.1. The van der Waals surface area contributed by atoms with Crippen LogP contribution in [0.3, 0.4) is 0 Å². The molecule has 0 aromatic carbocycles. The summed E-state index contributed by atoms with van der Waals surface area (Å²) in [6.07, 6.45) is 4.95. The van der Waals surface area contributed by atoms with E-state index < -0.39 is 0 Å². The van der Waals surface area contributed by atoms with E-state index in [4.69, 9.17) is 4.74 Å². The summed E-state index contributed by atoms with van der Waals surface area (Å²) >= 11 is 0. The number of rotatable bonds is 4. The molecule has 0 bridgehead atoms. The summed E-state index contributed by atoms with van der Waals surface area (Å²) in [6.45, 7) is 5.07. The number of carbonyl (C=O) groups excluding carboxylic acids is 1. The maximum atomic E-state index is 13.0. The van der Waals surface area contributed by atoms with E-state index in [2.05, 4.69) is 15.1 Å². The van der Waals surface area contributed by atoms with Gasteiger partial charge in [-0.3, -0.25) is 9.48 Å². The summed E-state index contributed by atoms with van der Waals surface area (Å²) in [4.78, 5) is 25.4. The number of amides is 1. The van der Waals surface area contributed by atoms with Gasteiger partial charge in [0.2, 0.25) is 0 Å². The minimum Gasteiger partial charge on any atom is -0.470 e. The number of nitrogens with zero attached hydrogens (tertiary/aromatic N) is 6. The van der Waals surface area contributed by atoms with Crippen LogP contribution in [0.15, 0.2) is 12.4 Å². The Labute approximate surface area is 153 Å². The van der Waals surface area contributed by atoms with E-state index >= 15 is 0 Å². The highest BCUT2D eigenvalue weighted by molar-refractivity contribution is 5.96. The van der Waals surface area contributed by atoms with Crippen molar-refractivity contribution in [2.45, 2.75) is 32.8 Å². The van der Waals surface area contributed by atoms with Gasteiger partial charge < -0.3 is 14.5 Å². The molecular formula is C18H26N6O2. The first kappa shape index (κ1) is 18.2. The molecule has 3 rings (SSSR count). The van der Waals surface area contributed by atoms with Crippen molar-refractivity contribution < 1.29 is 9.53 Å². The minimum atomic E-state index is -0.0969. The third-order valence-corrected chi connectivity index (χ3v) is 4.74. The Morgan fingerprint density at radius 3 is 2.65 bits per heavy atom. The molecule has 26 heavy (non-hydrogen) atoms. The smallest absolute Gasteiger partial charge is 0.257 e. The topological polar surface area (TPSA) is 76.4 Å². The zero-order chi connectivity index (χ0) is 18.8. The molecule has 8 heteroatoms. The van der Waals surface area contributed by atoms with Gasteiger partial charge >= 0.3 is 0 Å². The van der Waals surface area contributed by atoms with Crippen LogP contribution >= 0.6 is 0 Å². The number of hydrogen-bond acceptors (Lipinski definition) is 6. The molecule has 1 atom stereocenters. The van der Waals surface area contributed by atoms with Crippen molar-refractivity contribution in [3.63, 3.8) is 0 Å². The van der Waals surface area contributed by atoms with Crippen LogP contribution in [-0.4, -0.2) is 63.8 Å². The fraction of sp³-hybridized carbons (Fsp3) is 0.556. The van der Waals surface area contributed by atoms with Crippen molar-refractivity contribution in [3.8, 4) is 5.88 Å². The number of aromatic nitrogens is 4. The molecule has 3 heterocycles. The average molecular weight is 358 g/mol. The molecule has 1 saturated heterocycles. The van der Waals surface area contributed by atoms with E-state index in [1.54, 1.807) is 17.1 Å². The molecule has 0 unspecified atom stereocenters. The first-order chi connectivity index (χ1) is 12.4. The molecule has 140 valence electrons. The quantitative estimate of drug-likeness (QED) is 0.826. The summed E-state index contributed by atoms with van der Waals surface area (Å²) in [5.74, 6) is 1.22. The van der Waals surface area contributed by atoms with Gasteiger partial charge in [0, 0.05) is 45.8 Å². The summed E-state index contributed by atoms with van der Waals surface area (Å²) < 4.78 is 7.85. The van der Waals surface area contributed by atoms with Crippen LogP contribution in [0, 0.1) is 13.8 Å².